The second-order valence-corrected chi connectivity index (χ2v) is 7.65. The van der Waals surface area contributed by atoms with E-state index in [1.807, 2.05) is 0 Å². The smallest absolute Gasteiger partial charge is 0.320 e. The van der Waals surface area contributed by atoms with Crippen LogP contribution < -0.4 is 15.4 Å². The summed E-state index contributed by atoms with van der Waals surface area (Å²) in [5, 5.41) is 15.3. The van der Waals surface area contributed by atoms with Crippen molar-refractivity contribution in [3.8, 4) is 0 Å². The molecule has 27 heavy (non-hydrogen) atoms. The summed E-state index contributed by atoms with van der Waals surface area (Å²) in [5.74, 6) is -0.553. The molecule has 1 aliphatic heterocycles. The number of urea groups is 1. The SMILES string of the molecule is CC1(c2cccc(NS(=O)(=O)c3ccc([N+](=O)[O-])cc3)c2)NC(=O)NC1=O. The van der Waals surface area contributed by atoms with Crippen LogP contribution in [-0.2, 0) is 20.4 Å². The Labute approximate surface area is 153 Å². The van der Waals surface area contributed by atoms with E-state index < -0.39 is 32.4 Å². The van der Waals surface area contributed by atoms with E-state index in [1.165, 1.54) is 25.1 Å². The highest BCUT2D eigenvalue weighted by molar-refractivity contribution is 7.92. The number of nitro benzene ring substituents is 1. The minimum atomic E-state index is -4.00. The first-order chi connectivity index (χ1) is 12.6. The van der Waals surface area contributed by atoms with Crippen molar-refractivity contribution in [3.63, 3.8) is 0 Å². The molecular weight excluding hydrogens is 376 g/mol. The van der Waals surface area contributed by atoms with E-state index in [1.54, 1.807) is 6.07 Å². The summed E-state index contributed by atoms with van der Waals surface area (Å²) in [4.78, 5) is 33.3. The number of nitro groups is 1. The number of anilines is 1. The monoisotopic (exact) mass is 390 g/mol. The predicted molar refractivity (Wildman–Crippen MR) is 94.4 cm³/mol. The number of benzene rings is 2. The molecule has 0 spiro atoms. The van der Waals surface area contributed by atoms with Gasteiger partial charge in [-0.25, -0.2) is 13.2 Å². The first kappa shape index (κ1) is 18.3. The molecule has 1 aliphatic rings. The lowest BCUT2D eigenvalue weighted by atomic mass is 9.92. The molecule has 0 saturated carbocycles. The maximum absolute atomic E-state index is 12.5. The van der Waals surface area contributed by atoms with Crippen LogP contribution in [0.1, 0.15) is 12.5 Å². The number of nitrogens with one attached hydrogen (secondary N) is 3. The number of carbonyl (C=O) groups excluding carboxylic acids is 2. The summed E-state index contributed by atoms with van der Waals surface area (Å²) in [6.07, 6.45) is 0. The molecule has 3 amide bonds. The fourth-order valence-electron chi connectivity index (χ4n) is 2.60. The Hall–Kier alpha value is -3.47. The third-order valence-corrected chi connectivity index (χ3v) is 5.49. The Bertz CT molecular complexity index is 1050. The lowest BCUT2D eigenvalue weighted by Gasteiger charge is -2.21. The van der Waals surface area contributed by atoms with Crippen LogP contribution in [0.4, 0.5) is 16.2 Å². The van der Waals surface area contributed by atoms with Crippen molar-refractivity contribution in [3.05, 3.63) is 64.2 Å². The van der Waals surface area contributed by atoms with E-state index in [-0.39, 0.29) is 16.3 Å². The summed E-state index contributed by atoms with van der Waals surface area (Å²) < 4.78 is 27.3. The van der Waals surface area contributed by atoms with Crippen molar-refractivity contribution < 1.29 is 22.9 Å². The second-order valence-electron chi connectivity index (χ2n) is 5.97. The molecule has 11 heteroatoms. The fraction of sp³-hybridized carbons (Fsp3) is 0.125. The largest absolute Gasteiger partial charge is 0.322 e. The Kier molecular flexibility index (Phi) is 4.31. The molecule has 0 aromatic heterocycles. The van der Waals surface area contributed by atoms with E-state index >= 15 is 0 Å². The molecule has 2 aromatic rings. The van der Waals surface area contributed by atoms with Crippen molar-refractivity contribution in [1.29, 1.82) is 0 Å². The normalized spacial score (nSPS) is 19.3. The molecule has 1 atom stereocenters. The minimum absolute atomic E-state index is 0.156. The molecule has 0 aliphatic carbocycles. The second kappa shape index (κ2) is 6.36. The maximum Gasteiger partial charge on any atom is 0.322 e. The third-order valence-electron chi connectivity index (χ3n) is 4.09. The van der Waals surface area contributed by atoms with E-state index in [9.17, 15) is 28.1 Å². The average molecular weight is 390 g/mol. The van der Waals surface area contributed by atoms with Gasteiger partial charge in [-0.3, -0.25) is 24.9 Å². The first-order valence-corrected chi connectivity index (χ1v) is 9.11. The van der Waals surface area contributed by atoms with Crippen molar-refractivity contribution in [1.82, 2.24) is 10.6 Å². The Balaban J connectivity index is 1.88. The molecule has 140 valence electrons. The maximum atomic E-state index is 12.5. The highest BCUT2D eigenvalue weighted by Crippen LogP contribution is 2.27. The van der Waals surface area contributed by atoms with Gasteiger partial charge in [0, 0.05) is 17.8 Å². The summed E-state index contributed by atoms with van der Waals surface area (Å²) in [6, 6.07) is 9.79. The van der Waals surface area contributed by atoms with Crippen molar-refractivity contribution in [2.75, 3.05) is 4.72 Å². The number of nitrogens with zero attached hydrogens (tertiary/aromatic N) is 1. The van der Waals surface area contributed by atoms with Gasteiger partial charge < -0.3 is 5.32 Å². The number of sulfonamides is 1. The lowest BCUT2D eigenvalue weighted by Crippen LogP contribution is -2.40. The lowest BCUT2D eigenvalue weighted by molar-refractivity contribution is -0.384. The summed E-state index contributed by atoms with van der Waals surface area (Å²) >= 11 is 0. The molecule has 0 radical (unpaired) electrons. The van der Waals surface area contributed by atoms with Crippen LogP contribution in [0, 0.1) is 10.1 Å². The van der Waals surface area contributed by atoms with Gasteiger partial charge in [0.1, 0.15) is 5.54 Å². The van der Waals surface area contributed by atoms with Crippen LogP contribution >= 0.6 is 0 Å². The topological polar surface area (TPSA) is 148 Å². The van der Waals surface area contributed by atoms with E-state index in [2.05, 4.69) is 15.4 Å². The van der Waals surface area contributed by atoms with Crippen molar-refractivity contribution >= 4 is 33.3 Å². The zero-order valence-electron chi connectivity index (χ0n) is 13.9. The molecule has 1 heterocycles. The number of carbonyl (C=O) groups is 2. The van der Waals surface area contributed by atoms with Gasteiger partial charge in [-0.2, -0.15) is 0 Å². The van der Waals surface area contributed by atoms with E-state index in [0.29, 0.717) is 5.56 Å². The molecule has 10 nitrogen and oxygen atoms in total. The van der Waals surface area contributed by atoms with Crippen molar-refractivity contribution in [2.45, 2.75) is 17.4 Å². The molecule has 3 rings (SSSR count). The Morgan fingerprint density at radius 3 is 2.33 bits per heavy atom. The van der Waals surface area contributed by atoms with Crippen LogP contribution in [0.3, 0.4) is 0 Å². The number of hydrogen-bond donors (Lipinski definition) is 3. The number of non-ortho nitro benzene ring substituents is 1. The number of hydrogen-bond acceptors (Lipinski definition) is 6. The van der Waals surface area contributed by atoms with Crippen molar-refractivity contribution in [2.24, 2.45) is 0 Å². The molecule has 1 unspecified atom stereocenters. The highest BCUT2D eigenvalue weighted by atomic mass is 32.2. The zero-order chi connectivity index (χ0) is 19.8. The van der Waals surface area contributed by atoms with Gasteiger partial charge in [0.25, 0.3) is 21.6 Å². The molecule has 2 aromatic carbocycles. The van der Waals surface area contributed by atoms with Gasteiger partial charge in [0.15, 0.2) is 0 Å². The molecule has 3 N–H and O–H groups in total. The standard InChI is InChI=1S/C16H14N4O6S/c1-16(14(21)17-15(22)18-16)10-3-2-4-11(9-10)19-27(25,26)13-7-5-12(6-8-13)20(23)24/h2-9,19H,1H3,(H2,17,18,21,22). The minimum Gasteiger partial charge on any atom is -0.320 e. The van der Waals surface area contributed by atoms with Crippen LogP contribution in [0.5, 0.6) is 0 Å². The molecule has 0 bridgehead atoms. The predicted octanol–water partition coefficient (Wildman–Crippen LogP) is 1.45. The van der Waals surface area contributed by atoms with Gasteiger partial charge in [-0.1, -0.05) is 12.1 Å². The molecular formula is C16H14N4O6S. The van der Waals surface area contributed by atoms with Gasteiger partial charge in [0.2, 0.25) is 0 Å². The summed E-state index contributed by atoms with van der Waals surface area (Å²) in [6.45, 7) is 1.50. The fourth-order valence-corrected chi connectivity index (χ4v) is 3.65. The third kappa shape index (κ3) is 3.44. The van der Waals surface area contributed by atoms with Gasteiger partial charge in [-0.05, 0) is 36.8 Å². The number of amides is 3. The van der Waals surface area contributed by atoms with Crippen LogP contribution in [-0.4, -0.2) is 25.3 Å². The Morgan fingerprint density at radius 2 is 1.78 bits per heavy atom. The van der Waals surface area contributed by atoms with Gasteiger partial charge in [-0.15, -0.1) is 0 Å². The molecule has 1 saturated heterocycles. The first-order valence-electron chi connectivity index (χ1n) is 7.63. The van der Waals surface area contributed by atoms with Gasteiger partial charge >= 0.3 is 6.03 Å². The van der Waals surface area contributed by atoms with Crippen LogP contribution in [0.15, 0.2) is 53.4 Å². The summed E-state index contributed by atoms with van der Waals surface area (Å²) in [5.41, 5.74) is -1.01. The van der Waals surface area contributed by atoms with Crippen LogP contribution in [0.2, 0.25) is 0 Å². The van der Waals surface area contributed by atoms with Gasteiger partial charge in [0.05, 0.1) is 9.82 Å². The average Bonchev–Trinajstić information content (AvgIpc) is 2.88. The van der Waals surface area contributed by atoms with Crippen LogP contribution in [0.25, 0.3) is 0 Å². The molecule has 1 fully saturated rings. The number of imide groups is 1. The zero-order valence-corrected chi connectivity index (χ0v) is 14.7. The van der Waals surface area contributed by atoms with E-state index in [4.69, 9.17) is 0 Å². The number of rotatable bonds is 5. The Morgan fingerprint density at radius 1 is 1.11 bits per heavy atom. The quantitative estimate of drug-likeness (QED) is 0.400. The van der Waals surface area contributed by atoms with E-state index in [0.717, 1.165) is 24.3 Å². The highest BCUT2D eigenvalue weighted by Gasteiger charge is 2.43. The summed E-state index contributed by atoms with van der Waals surface area (Å²) in [7, 11) is -4.00.